The number of ether oxygens (including phenoxy) is 1. The summed E-state index contributed by atoms with van der Waals surface area (Å²) in [4.78, 5) is 12.5. The summed E-state index contributed by atoms with van der Waals surface area (Å²) in [5, 5.41) is 4.23. The van der Waals surface area contributed by atoms with Crippen molar-refractivity contribution in [3.8, 4) is 0 Å². The molecule has 0 spiro atoms. The first kappa shape index (κ1) is 18.0. The van der Waals surface area contributed by atoms with Crippen molar-refractivity contribution in [3.05, 3.63) is 35.1 Å². The Hall–Kier alpha value is -1.81. The van der Waals surface area contributed by atoms with Gasteiger partial charge in [0.15, 0.2) is 0 Å². The van der Waals surface area contributed by atoms with Crippen LogP contribution in [0.5, 0.6) is 0 Å². The van der Waals surface area contributed by atoms with Gasteiger partial charge >= 0.3 is 0 Å². The topological polar surface area (TPSA) is 51.5 Å². The van der Waals surface area contributed by atoms with Gasteiger partial charge in [-0.05, 0) is 62.3 Å². The maximum Gasteiger partial charge on any atom is 0.224 e. The molecule has 0 radical (unpaired) electrons. The van der Waals surface area contributed by atoms with Crippen molar-refractivity contribution in [2.24, 2.45) is 5.92 Å². The molecule has 0 saturated carbocycles. The van der Waals surface area contributed by atoms with E-state index in [-0.39, 0.29) is 18.1 Å². The fraction of sp³-hybridized carbons (Fsp3) is 0.571. The van der Waals surface area contributed by atoms with Gasteiger partial charge in [0.25, 0.3) is 0 Å². The largest absolute Gasteiger partial charge is 0.464 e. The number of carbonyl (C=O) groups is 1. The number of fused-ring (bicyclic) bond motifs is 1. The number of carbonyl (C=O) groups excluding carboxylic acids is 1. The summed E-state index contributed by atoms with van der Waals surface area (Å²) in [5.74, 6) is 0.680. The van der Waals surface area contributed by atoms with Crippen LogP contribution >= 0.6 is 0 Å². The number of furan rings is 1. The normalized spacial score (nSPS) is 21.0. The Morgan fingerprint density at radius 2 is 2.04 bits per heavy atom. The highest BCUT2D eigenvalue weighted by atomic mass is 16.5. The lowest BCUT2D eigenvalue weighted by molar-refractivity contribution is -0.122. The van der Waals surface area contributed by atoms with E-state index >= 15 is 0 Å². The Morgan fingerprint density at radius 1 is 1.28 bits per heavy atom. The highest BCUT2D eigenvalue weighted by molar-refractivity contribution is 5.88. The summed E-state index contributed by atoms with van der Waals surface area (Å²) in [5.41, 5.74) is 4.24. The van der Waals surface area contributed by atoms with E-state index in [1.165, 1.54) is 11.1 Å². The van der Waals surface area contributed by atoms with Crippen molar-refractivity contribution in [3.63, 3.8) is 0 Å². The minimum absolute atomic E-state index is 0.0659. The first-order valence-electron chi connectivity index (χ1n) is 9.30. The maximum atomic E-state index is 12.5. The smallest absolute Gasteiger partial charge is 0.224 e. The van der Waals surface area contributed by atoms with Crippen molar-refractivity contribution < 1.29 is 13.9 Å². The van der Waals surface area contributed by atoms with Crippen molar-refractivity contribution >= 4 is 16.9 Å². The van der Waals surface area contributed by atoms with Crippen LogP contribution in [0.2, 0.25) is 0 Å². The van der Waals surface area contributed by atoms with Crippen molar-refractivity contribution in [1.82, 2.24) is 5.32 Å². The summed E-state index contributed by atoms with van der Waals surface area (Å²) in [6.45, 7) is 9.30. The Balaban J connectivity index is 1.62. The minimum Gasteiger partial charge on any atom is -0.464 e. The molecular formula is C21H29NO3. The summed E-state index contributed by atoms with van der Waals surface area (Å²) in [7, 11) is 0. The first-order valence-corrected chi connectivity index (χ1v) is 9.30. The van der Waals surface area contributed by atoms with Crippen LogP contribution in [0.4, 0.5) is 0 Å². The van der Waals surface area contributed by atoms with Crippen LogP contribution in [-0.2, 0) is 16.0 Å². The van der Waals surface area contributed by atoms with Gasteiger partial charge in [-0.2, -0.15) is 0 Å². The molecule has 1 aromatic carbocycles. The zero-order chi connectivity index (χ0) is 18.0. The van der Waals surface area contributed by atoms with Gasteiger partial charge in [-0.1, -0.05) is 13.8 Å². The van der Waals surface area contributed by atoms with Gasteiger partial charge in [0.2, 0.25) is 5.91 Å². The third-order valence-electron chi connectivity index (χ3n) is 5.09. The molecule has 1 amide bonds. The second-order valence-electron chi connectivity index (χ2n) is 7.78. The number of amides is 1. The molecule has 2 atom stereocenters. The van der Waals surface area contributed by atoms with Crippen LogP contribution in [0.1, 0.15) is 49.8 Å². The molecule has 4 nitrogen and oxygen atoms in total. The Labute approximate surface area is 149 Å². The second kappa shape index (κ2) is 7.61. The standard InChI is InChI=1S/C21H29NO3/c1-13(2)7-18-11-17(5-6-24-18)22-21(23)10-16-12-25-20-9-15(4)14(3)8-19(16)20/h8-9,12-13,17-18H,5-7,10-11H2,1-4H3,(H,22,23)/t17-,18+/m1/s1. The quantitative estimate of drug-likeness (QED) is 0.880. The fourth-order valence-corrected chi connectivity index (χ4v) is 3.63. The molecule has 0 unspecified atom stereocenters. The molecule has 136 valence electrons. The fourth-order valence-electron chi connectivity index (χ4n) is 3.63. The molecule has 25 heavy (non-hydrogen) atoms. The average molecular weight is 343 g/mol. The zero-order valence-corrected chi connectivity index (χ0v) is 15.7. The minimum atomic E-state index is 0.0659. The molecule has 1 N–H and O–H groups in total. The molecule has 1 saturated heterocycles. The van der Waals surface area contributed by atoms with Crippen LogP contribution in [0.15, 0.2) is 22.8 Å². The van der Waals surface area contributed by atoms with Crippen molar-refractivity contribution in [2.45, 2.75) is 65.5 Å². The summed E-state index contributed by atoms with van der Waals surface area (Å²) >= 11 is 0. The van der Waals surface area contributed by atoms with Crippen LogP contribution in [-0.4, -0.2) is 24.7 Å². The van der Waals surface area contributed by atoms with Gasteiger partial charge in [0, 0.05) is 23.6 Å². The number of hydrogen-bond donors (Lipinski definition) is 1. The van der Waals surface area contributed by atoms with Gasteiger partial charge in [-0.25, -0.2) is 0 Å². The molecule has 4 heteroatoms. The van der Waals surface area contributed by atoms with Crippen LogP contribution in [0, 0.1) is 19.8 Å². The van der Waals surface area contributed by atoms with Crippen LogP contribution in [0.3, 0.4) is 0 Å². The van der Waals surface area contributed by atoms with E-state index in [9.17, 15) is 4.79 Å². The lowest BCUT2D eigenvalue weighted by Crippen LogP contribution is -2.42. The lowest BCUT2D eigenvalue weighted by Gasteiger charge is -2.31. The van der Waals surface area contributed by atoms with Crippen LogP contribution in [0.25, 0.3) is 11.0 Å². The predicted molar refractivity (Wildman–Crippen MR) is 99.8 cm³/mol. The number of nitrogens with one attached hydrogen (secondary N) is 1. The van der Waals surface area contributed by atoms with Gasteiger partial charge in [-0.3, -0.25) is 4.79 Å². The highest BCUT2D eigenvalue weighted by Gasteiger charge is 2.24. The van der Waals surface area contributed by atoms with Crippen molar-refractivity contribution in [1.29, 1.82) is 0 Å². The summed E-state index contributed by atoms with van der Waals surface area (Å²) in [6, 6.07) is 4.37. The third-order valence-corrected chi connectivity index (χ3v) is 5.09. The molecule has 1 fully saturated rings. The first-order chi connectivity index (χ1) is 11.9. The van der Waals surface area contributed by atoms with E-state index in [1.807, 2.05) is 6.07 Å². The van der Waals surface area contributed by atoms with E-state index in [0.717, 1.165) is 42.4 Å². The number of rotatable bonds is 5. The average Bonchev–Trinajstić information content (AvgIpc) is 2.89. The zero-order valence-electron chi connectivity index (χ0n) is 15.7. The predicted octanol–water partition coefficient (Wildman–Crippen LogP) is 4.30. The maximum absolute atomic E-state index is 12.5. The molecule has 1 aliphatic heterocycles. The van der Waals surface area contributed by atoms with E-state index in [1.54, 1.807) is 6.26 Å². The molecule has 0 bridgehead atoms. The molecule has 3 rings (SSSR count). The monoisotopic (exact) mass is 343 g/mol. The molecule has 1 aromatic heterocycles. The third kappa shape index (κ3) is 4.43. The number of hydrogen-bond acceptors (Lipinski definition) is 3. The Kier molecular flexibility index (Phi) is 5.48. The highest BCUT2D eigenvalue weighted by Crippen LogP contribution is 2.25. The van der Waals surface area contributed by atoms with E-state index in [2.05, 4.69) is 39.1 Å². The van der Waals surface area contributed by atoms with E-state index in [0.29, 0.717) is 12.3 Å². The molecule has 2 heterocycles. The molecule has 0 aliphatic carbocycles. The van der Waals surface area contributed by atoms with Gasteiger partial charge < -0.3 is 14.5 Å². The van der Waals surface area contributed by atoms with Crippen LogP contribution < -0.4 is 5.32 Å². The second-order valence-corrected chi connectivity index (χ2v) is 7.78. The van der Waals surface area contributed by atoms with E-state index in [4.69, 9.17) is 9.15 Å². The Morgan fingerprint density at radius 3 is 2.80 bits per heavy atom. The number of aryl methyl sites for hydroxylation is 2. The summed E-state index contributed by atoms with van der Waals surface area (Å²) < 4.78 is 11.5. The lowest BCUT2D eigenvalue weighted by atomic mass is 9.96. The van der Waals surface area contributed by atoms with Gasteiger partial charge in [-0.15, -0.1) is 0 Å². The van der Waals surface area contributed by atoms with Crippen molar-refractivity contribution in [2.75, 3.05) is 6.61 Å². The molecule has 1 aliphatic rings. The molecule has 2 aromatic rings. The number of benzene rings is 1. The SMILES string of the molecule is Cc1cc2occ(CC(=O)N[C@@H]3CCO[C@@H](CC(C)C)C3)c2cc1C. The van der Waals surface area contributed by atoms with Gasteiger partial charge in [0.1, 0.15) is 5.58 Å². The Bertz CT molecular complexity index is 747. The van der Waals surface area contributed by atoms with E-state index < -0.39 is 0 Å². The van der Waals surface area contributed by atoms with Gasteiger partial charge in [0.05, 0.1) is 18.8 Å². The molecular weight excluding hydrogens is 314 g/mol. The summed E-state index contributed by atoms with van der Waals surface area (Å²) in [6.07, 6.45) is 5.20.